The van der Waals surface area contributed by atoms with Gasteiger partial charge in [0.15, 0.2) is 0 Å². The fraction of sp³-hybridized carbons (Fsp3) is 0.429. The number of rotatable bonds is 9. The number of benzene rings is 1. The molecule has 158 valence electrons. The Morgan fingerprint density at radius 2 is 1.69 bits per heavy atom. The van der Waals surface area contributed by atoms with Crippen molar-refractivity contribution in [3.05, 3.63) is 64.1 Å². The number of carbonyl (C=O) groups excluding carboxylic acids is 1. The quantitative estimate of drug-likeness (QED) is 0.676. The molecule has 0 radical (unpaired) electrons. The molecule has 1 aromatic heterocycles. The Hall–Kier alpha value is -2.45. The average Bonchev–Trinajstić information content (AvgIpc) is 2.69. The zero-order valence-electron chi connectivity index (χ0n) is 17.4. The van der Waals surface area contributed by atoms with Crippen molar-refractivity contribution in [3.8, 4) is 0 Å². The van der Waals surface area contributed by atoms with Gasteiger partial charge in [-0.05, 0) is 25.0 Å². The van der Waals surface area contributed by atoms with E-state index in [1.54, 1.807) is 13.8 Å². The number of nitrogens with zero attached hydrogens (tertiary/aromatic N) is 2. The molecular weight excluding hydrogens is 390 g/mol. The normalized spacial score (nSPS) is 12.7. The highest BCUT2D eigenvalue weighted by molar-refractivity contribution is 7.89. The fourth-order valence-corrected chi connectivity index (χ4v) is 4.59. The van der Waals surface area contributed by atoms with E-state index < -0.39 is 15.6 Å². The molecule has 2 aromatic rings. The summed E-state index contributed by atoms with van der Waals surface area (Å²) >= 11 is 0. The Morgan fingerprint density at radius 1 is 1.07 bits per heavy atom. The van der Waals surface area contributed by atoms with Crippen molar-refractivity contribution in [1.82, 2.24) is 14.2 Å². The molecule has 0 saturated heterocycles. The number of nitrogens with one attached hydrogen (secondary N) is 1. The topological polar surface area (TPSA) is 88.5 Å². The van der Waals surface area contributed by atoms with Crippen molar-refractivity contribution in [1.29, 1.82) is 0 Å². The first-order chi connectivity index (χ1) is 13.7. The number of aryl methyl sites for hydroxylation is 1. The first kappa shape index (κ1) is 22.8. The lowest BCUT2D eigenvalue weighted by Crippen LogP contribution is -2.35. The zero-order valence-corrected chi connectivity index (χ0v) is 18.2. The predicted octanol–water partition coefficient (Wildman–Crippen LogP) is 2.45. The third-order valence-corrected chi connectivity index (χ3v) is 6.87. The molecule has 7 nitrogen and oxygen atoms in total. The molecule has 1 unspecified atom stereocenters. The van der Waals surface area contributed by atoms with Gasteiger partial charge in [0.2, 0.25) is 15.9 Å². The second-order valence-electron chi connectivity index (χ2n) is 6.86. The third-order valence-electron chi connectivity index (χ3n) is 4.84. The summed E-state index contributed by atoms with van der Waals surface area (Å²) in [7, 11) is -3.71. The summed E-state index contributed by atoms with van der Waals surface area (Å²) in [5, 5.41) is 2.92. The van der Waals surface area contributed by atoms with Gasteiger partial charge in [-0.25, -0.2) is 8.42 Å². The molecule has 1 aromatic carbocycles. The summed E-state index contributed by atoms with van der Waals surface area (Å²) in [4.78, 5) is 24.7. The molecule has 0 aliphatic carbocycles. The predicted molar refractivity (Wildman–Crippen MR) is 113 cm³/mol. The molecule has 0 saturated carbocycles. The van der Waals surface area contributed by atoms with Crippen molar-refractivity contribution < 1.29 is 13.2 Å². The van der Waals surface area contributed by atoms with Gasteiger partial charge >= 0.3 is 0 Å². The average molecular weight is 420 g/mol. The summed E-state index contributed by atoms with van der Waals surface area (Å²) in [5.74, 6) is -0.350. The van der Waals surface area contributed by atoms with E-state index in [0.717, 1.165) is 15.7 Å². The largest absolute Gasteiger partial charge is 0.348 e. The smallest absolute Gasteiger partial charge is 0.251 e. The Labute approximate surface area is 172 Å². The highest BCUT2D eigenvalue weighted by atomic mass is 32.2. The molecule has 1 amide bonds. The van der Waals surface area contributed by atoms with Crippen molar-refractivity contribution in [3.63, 3.8) is 0 Å². The number of sulfonamides is 1. The van der Waals surface area contributed by atoms with Crippen LogP contribution in [0.15, 0.2) is 52.3 Å². The maximum absolute atomic E-state index is 12.7. The van der Waals surface area contributed by atoms with Crippen molar-refractivity contribution in [2.45, 2.75) is 51.6 Å². The number of carbonyl (C=O) groups is 1. The van der Waals surface area contributed by atoms with E-state index in [-0.39, 0.29) is 23.4 Å². The van der Waals surface area contributed by atoms with Crippen LogP contribution in [0.3, 0.4) is 0 Å². The number of hydrogen-bond acceptors (Lipinski definition) is 4. The maximum Gasteiger partial charge on any atom is 0.251 e. The number of amides is 1. The number of hydrogen-bond donors (Lipinski definition) is 1. The Bertz CT molecular complexity index is 993. The van der Waals surface area contributed by atoms with Gasteiger partial charge in [-0.2, -0.15) is 4.31 Å². The maximum atomic E-state index is 12.7. The summed E-state index contributed by atoms with van der Waals surface area (Å²) in [6, 6.07) is 10.2. The number of pyridine rings is 1. The summed E-state index contributed by atoms with van der Waals surface area (Å²) in [6.45, 7) is 7.87. The molecule has 0 bridgehead atoms. The van der Waals surface area contributed by atoms with Crippen LogP contribution in [0.4, 0.5) is 0 Å². The molecule has 1 N–H and O–H groups in total. The van der Waals surface area contributed by atoms with Crippen molar-refractivity contribution >= 4 is 15.9 Å². The minimum Gasteiger partial charge on any atom is -0.348 e. The molecule has 29 heavy (non-hydrogen) atoms. The Balaban J connectivity index is 2.21. The van der Waals surface area contributed by atoms with E-state index in [0.29, 0.717) is 19.5 Å². The van der Waals surface area contributed by atoms with Gasteiger partial charge < -0.3 is 9.88 Å². The molecular formula is C21H29N3O4S. The van der Waals surface area contributed by atoms with E-state index >= 15 is 0 Å². The van der Waals surface area contributed by atoms with Crippen LogP contribution in [0.5, 0.6) is 0 Å². The Kier molecular flexibility index (Phi) is 7.75. The van der Waals surface area contributed by atoms with Gasteiger partial charge in [-0.3, -0.25) is 9.59 Å². The second kappa shape index (κ2) is 9.84. The third kappa shape index (κ3) is 5.55. The molecule has 1 atom stereocenters. The van der Waals surface area contributed by atoms with Crippen LogP contribution in [0.1, 0.15) is 44.4 Å². The fourth-order valence-electron chi connectivity index (χ4n) is 3.11. The molecule has 1 heterocycles. The molecule has 2 rings (SSSR count). The first-order valence-corrected chi connectivity index (χ1v) is 11.2. The van der Waals surface area contributed by atoms with Crippen LogP contribution in [0, 0.1) is 6.92 Å². The van der Waals surface area contributed by atoms with E-state index in [4.69, 9.17) is 0 Å². The van der Waals surface area contributed by atoms with Crippen molar-refractivity contribution in [2.75, 3.05) is 13.1 Å². The highest BCUT2D eigenvalue weighted by Gasteiger charge is 2.23. The van der Waals surface area contributed by atoms with Crippen LogP contribution in [-0.2, 0) is 21.4 Å². The van der Waals surface area contributed by atoms with E-state index in [2.05, 4.69) is 5.32 Å². The second-order valence-corrected chi connectivity index (χ2v) is 8.80. The van der Waals surface area contributed by atoms with E-state index in [1.807, 2.05) is 38.1 Å². The van der Waals surface area contributed by atoms with Gasteiger partial charge in [0.05, 0.1) is 10.9 Å². The van der Waals surface area contributed by atoms with Crippen molar-refractivity contribution in [2.24, 2.45) is 0 Å². The lowest BCUT2D eigenvalue weighted by molar-refractivity contribution is -0.122. The molecule has 0 spiro atoms. The first-order valence-electron chi connectivity index (χ1n) is 9.79. The van der Waals surface area contributed by atoms with Gasteiger partial charge in [0.25, 0.3) is 5.56 Å². The Morgan fingerprint density at radius 3 is 2.24 bits per heavy atom. The minimum atomic E-state index is -3.71. The lowest BCUT2D eigenvalue weighted by atomic mass is 10.0. The van der Waals surface area contributed by atoms with E-state index in [9.17, 15) is 18.0 Å². The van der Waals surface area contributed by atoms with Crippen LogP contribution < -0.4 is 10.9 Å². The van der Waals surface area contributed by atoms with Crippen LogP contribution in [-0.4, -0.2) is 36.3 Å². The van der Waals surface area contributed by atoms with Crippen LogP contribution in [0.25, 0.3) is 0 Å². The molecule has 0 aliphatic heterocycles. The van der Waals surface area contributed by atoms with Gasteiger partial charge in [0, 0.05) is 25.4 Å². The highest BCUT2D eigenvalue weighted by Crippen LogP contribution is 2.17. The van der Waals surface area contributed by atoms with Crippen LogP contribution >= 0.6 is 0 Å². The SMILES string of the molecule is CCC(NC(=O)Cn1cc(S(=O)(=O)N(CC)CC)ccc1=O)c1ccc(C)cc1. The molecule has 0 aliphatic rings. The molecule has 8 heteroatoms. The van der Waals surface area contributed by atoms with Gasteiger partial charge in [-0.15, -0.1) is 0 Å². The zero-order chi connectivity index (χ0) is 21.6. The van der Waals surface area contributed by atoms with E-state index in [1.165, 1.54) is 22.6 Å². The summed E-state index contributed by atoms with van der Waals surface area (Å²) in [5.41, 5.74) is 1.69. The lowest BCUT2D eigenvalue weighted by Gasteiger charge is -2.20. The van der Waals surface area contributed by atoms with Gasteiger partial charge in [0.1, 0.15) is 6.54 Å². The molecule has 0 fully saturated rings. The minimum absolute atomic E-state index is 0.000763. The summed E-state index contributed by atoms with van der Waals surface area (Å²) in [6.07, 6.45) is 1.93. The standard InChI is InChI=1S/C21H29N3O4S/c1-5-19(17-10-8-16(4)9-11-17)22-20(25)15-23-14-18(12-13-21(23)26)29(27,28)24(6-2)7-3/h8-14,19H,5-7,15H2,1-4H3,(H,22,25). The van der Waals surface area contributed by atoms with Crippen LogP contribution in [0.2, 0.25) is 0 Å². The number of aromatic nitrogens is 1. The summed E-state index contributed by atoms with van der Waals surface area (Å²) < 4.78 is 27.8. The van der Waals surface area contributed by atoms with Gasteiger partial charge in [-0.1, -0.05) is 50.6 Å². The monoisotopic (exact) mass is 419 g/mol.